The Labute approximate surface area is 161 Å². The highest BCUT2D eigenvalue weighted by Crippen LogP contribution is 2.36. The molecule has 5 nitrogen and oxygen atoms in total. The van der Waals surface area contributed by atoms with Gasteiger partial charge in [0.05, 0.1) is 11.8 Å². The number of H-pyrrole nitrogens is 2. The molecule has 0 aliphatic carbocycles. The SMILES string of the molecule is Cc1ncc(CN2CCC[C@@H](c3[nH]ncc3-c3cccc(C(F)(F)F)c3)C2)[nH]1. The summed E-state index contributed by atoms with van der Waals surface area (Å²) >= 11 is 0. The van der Waals surface area contributed by atoms with E-state index in [9.17, 15) is 13.2 Å². The maximum Gasteiger partial charge on any atom is 0.416 e. The van der Waals surface area contributed by atoms with E-state index in [1.54, 1.807) is 12.3 Å². The number of aryl methyl sites for hydroxylation is 1. The molecule has 3 heterocycles. The molecule has 8 heteroatoms. The standard InChI is InChI=1S/C20H22F3N5/c1-13-24-9-17(26-13)12-28-7-3-5-15(11-28)19-18(10-25-27-19)14-4-2-6-16(8-14)20(21,22)23/h2,4,6,8-10,15H,3,5,7,11-12H2,1H3,(H,24,26)(H,25,27)/t15-/m1/s1. The van der Waals surface area contributed by atoms with E-state index in [2.05, 4.69) is 25.1 Å². The lowest BCUT2D eigenvalue weighted by Crippen LogP contribution is -2.34. The molecule has 28 heavy (non-hydrogen) atoms. The van der Waals surface area contributed by atoms with Crippen molar-refractivity contribution in [1.82, 2.24) is 25.1 Å². The third kappa shape index (κ3) is 3.96. The number of nitrogens with zero attached hydrogens (tertiary/aromatic N) is 3. The summed E-state index contributed by atoms with van der Waals surface area (Å²) in [5.41, 5.74) is 2.62. The van der Waals surface area contributed by atoms with Crippen LogP contribution < -0.4 is 0 Å². The highest BCUT2D eigenvalue weighted by molar-refractivity contribution is 5.66. The topological polar surface area (TPSA) is 60.6 Å². The second kappa shape index (κ2) is 7.43. The van der Waals surface area contributed by atoms with Crippen LogP contribution in [0.2, 0.25) is 0 Å². The molecule has 1 fully saturated rings. The number of nitrogens with one attached hydrogen (secondary N) is 2. The lowest BCUT2D eigenvalue weighted by atomic mass is 9.90. The zero-order valence-electron chi connectivity index (χ0n) is 15.6. The minimum absolute atomic E-state index is 0.199. The molecule has 1 aromatic carbocycles. The fourth-order valence-corrected chi connectivity index (χ4v) is 3.93. The van der Waals surface area contributed by atoms with Gasteiger partial charge in [-0.2, -0.15) is 18.3 Å². The summed E-state index contributed by atoms with van der Waals surface area (Å²) < 4.78 is 39.3. The predicted molar refractivity (Wildman–Crippen MR) is 99.6 cm³/mol. The van der Waals surface area contributed by atoms with Gasteiger partial charge in [0.2, 0.25) is 0 Å². The molecule has 148 valence electrons. The number of likely N-dealkylation sites (tertiary alicyclic amines) is 1. The summed E-state index contributed by atoms with van der Waals surface area (Å²) in [6, 6.07) is 5.44. The molecule has 3 aromatic rings. The van der Waals surface area contributed by atoms with E-state index in [1.165, 1.54) is 12.1 Å². The second-order valence-electron chi connectivity index (χ2n) is 7.34. The molecule has 0 bridgehead atoms. The Morgan fingerprint density at radius 1 is 1.25 bits per heavy atom. The smallest absolute Gasteiger partial charge is 0.345 e. The van der Waals surface area contributed by atoms with E-state index in [4.69, 9.17) is 0 Å². The largest absolute Gasteiger partial charge is 0.416 e. The highest BCUT2D eigenvalue weighted by atomic mass is 19.4. The number of hydrogen-bond donors (Lipinski definition) is 2. The number of imidazole rings is 1. The molecule has 2 N–H and O–H groups in total. The minimum atomic E-state index is -4.36. The van der Waals surface area contributed by atoms with Crippen LogP contribution in [0.1, 0.15) is 41.5 Å². The van der Waals surface area contributed by atoms with E-state index in [-0.39, 0.29) is 5.92 Å². The number of hydrogen-bond acceptors (Lipinski definition) is 3. The van der Waals surface area contributed by atoms with Gasteiger partial charge in [0.1, 0.15) is 5.82 Å². The van der Waals surface area contributed by atoms with Gasteiger partial charge in [0.25, 0.3) is 0 Å². The molecule has 2 aromatic heterocycles. The molecule has 0 spiro atoms. The molecule has 4 rings (SSSR count). The van der Waals surface area contributed by atoms with E-state index < -0.39 is 11.7 Å². The molecular formula is C20H22F3N5. The van der Waals surface area contributed by atoms with Crippen LogP contribution in [0.15, 0.2) is 36.7 Å². The van der Waals surface area contributed by atoms with Crippen LogP contribution in [-0.4, -0.2) is 38.2 Å². The minimum Gasteiger partial charge on any atom is -0.345 e. The zero-order chi connectivity index (χ0) is 19.7. The van der Waals surface area contributed by atoms with Crippen molar-refractivity contribution < 1.29 is 13.2 Å². The predicted octanol–water partition coefficient (Wildman–Crippen LogP) is 4.51. The Morgan fingerprint density at radius 2 is 2.11 bits per heavy atom. The summed E-state index contributed by atoms with van der Waals surface area (Å²) in [4.78, 5) is 9.84. The Morgan fingerprint density at radius 3 is 2.86 bits per heavy atom. The number of halogens is 3. The van der Waals surface area contributed by atoms with Crippen LogP contribution in [0, 0.1) is 6.92 Å². The van der Waals surface area contributed by atoms with Crippen LogP contribution in [0.5, 0.6) is 0 Å². The molecule has 1 atom stereocenters. The normalized spacial score (nSPS) is 18.5. The van der Waals surface area contributed by atoms with Crippen molar-refractivity contribution in [2.24, 2.45) is 0 Å². The fourth-order valence-electron chi connectivity index (χ4n) is 3.93. The van der Waals surface area contributed by atoms with Crippen LogP contribution in [0.3, 0.4) is 0 Å². The van der Waals surface area contributed by atoms with Gasteiger partial charge in [-0.15, -0.1) is 0 Å². The highest BCUT2D eigenvalue weighted by Gasteiger charge is 2.31. The summed E-state index contributed by atoms with van der Waals surface area (Å²) in [7, 11) is 0. The average Bonchev–Trinajstić information content (AvgIpc) is 3.30. The molecule has 0 saturated carbocycles. The second-order valence-corrected chi connectivity index (χ2v) is 7.34. The van der Waals surface area contributed by atoms with Crippen molar-refractivity contribution in [3.63, 3.8) is 0 Å². The van der Waals surface area contributed by atoms with E-state index in [0.29, 0.717) is 5.56 Å². The monoisotopic (exact) mass is 389 g/mol. The van der Waals surface area contributed by atoms with Gasteiger partial charge in [0.15, 0.2) is 0 Å². The molecule has 1 saturated heterocycles. The van der Waals surface area contributed by atoms with Gasteiger partial charge in [-0.3, -0.25) is 10.00 Å². The lowest BCUT2D eigenvalue weighted by Gasteiger charge is -2.32. The number of rotatable bonds is 4. The van der Waals surface area contributed by atoms with Gasteiger partial charge < -0.3 is 4.98 Å². The Hall–Kier alpha value is -2.61. The Kier molecular flexibility index (Phi) is 4.97. The van der Waals surface area contributed by atoms with Gasteiger partial charge >= 0.3 is 6.18 Å². The number of alkyl halides is 3. The van der Waals surface area contributed by atoms with Crippen LogP contribution in [0.4, 0.5) is 13.2 Å². The van der Waals surface area contributed by atoms with Crippen molar-refractivity contribution in [3.8, 4) is 11.1 Å². The maximum absolute atomic E-state index is 13.1. The van der Waals surface area contributed by atoms with Gasteiger partial charge in [-0.25, -0.2) is 4.98 Å². The van der Waals surface area contributed by atoms with Gasteiger partial charge in [0, 0.05) is 42.2 Å². The first-order chi connectivity index (χ1) is 13.4. The van der Waals surface area contributed by atoms with Crippen LogP contribution in [-0.2, 0) is 12.7 Å². The van der Waals surface area contributed by atoms with E-state index >= 15 is 0 Å². The van der Waals surface area contributed by atoms with Gasteiger partial charge in [-0.05, 0) is 44.0 Å². The van der Waals surface area contributed by atoms with E-state index in [0.717, 1.165) is 61.3 Å². The van der Waals surface area contributed by atoms with Crippen molar-refractivity contribution in [2.45, 2.75) is 38.4 Å². The number of aromatic amines is 2. The third-order valence-corrected chi connectivity index (χ3v) is 5.23. The third-order valence-electron chi connectivity index (χ3n) is 5.23. The lowest BCUT2D eigenvalue weighted by molar-refractivity contribution is -0.137. The first kappa shape index (κ1) is 18.7. The Bertz CT molecular complexity index is 943. The number of benzene rings is 1. The first-order valence-corrected chi connectivity index (χ1v) is 9.34. The van der Waals surface area contributed by atoms with Crippen molar-refractivity contribution in [2.75, 3.05) is 13.1 Å². The summed E-state index contributed by atoms with van der Waals surface area (Å²) in [5, 5.41) is 7.18. The van der Waals surface area contributed by atoms with Crippen molar-refractivity contribution in [1.29, 1.82) is 0 Å². The summed E-state index contributed by atoms with van der Waals surface area (Å²) in [6.45, 7) is 4.52. The quantitative estimate of drug-likeness (QED) is 0.690. The maximum atomic E-state index is 13.1. The number of aromatic nitrogens is 4. The average molecular weight is 389 g/mol. The summed E-state index contributed by atoms with van der Waals surface area (Å²) in [5.74, 6) is 1.09. The Balaban J connectivity index is 1.55. The fraction of sp³-hybridized carbons (Fsp3) is 0.400. The summed E-state index contributed by atoms with van der Waals surface area (Å²) in [6.07, 6.45) is 1.13. The van der Waals surface area contributed by atoms with Gasteiger partial charge in [-0.1, -0.05) is 12.1 Å². The molecule has 1 aliphatic heterocycles. The van der Waals surface area contributed by atoms with Crippen molar-refractivity contribution in [3.05, 3.63) is 59.4 Å². The van der Waals surface area contributed by atoms with Crippen LogP contribution >= 0.6 is 0 Å². The number of piperidine rings is 1. The van der Waals surface area contributed by atoms with Crippen LogP contribution in [0.25, 0.3) is 11.1 Å². The first-order valence-electron chi connectivity index (χ1n) is 9.34. The molecule has 0 amide bonds. The molecule has 0 unspecified atom stereocenters. The van der Waals surface area contributed by atoms with E-state index in [1.807, 2.05) is 13.1 Å². The van der Waals surface area contributed by atoms with Crippen molar-refractivity contribution >= 4 is 0 Å². The molecule has 0 radical (unpaired) electrons. The molecular weight excluding hydrogens is 367 g/mol. The zero-order valence-corrected chi connectivity index (χ0v) is 15.6. The molecule has 1 aliphatic rings.